The number of benzene rings is 9. The van der Waals surface area contributed by atoms with E-state index in [2.05, 4.69) is 204 Å². The number of hydrogen-bond acceptors (Lipinski definition) is 4. The summed E-state index contributed by atoms with van der Waals surface area (Å²) in [4.78, 5) is 4.60. The number of nitrogens with zero attached hydrogens (tertiary/aromatic N) is 2. The maximum absolute atomic E-state index is 6.79. The number of hydrogen-bond donors (Lipinski definition) is 0. The van der Waals surface area contributed by atoms with Crippen molar-refractivity contribution in [3.63, 3.8) is 0 Å². The molecule has 54 heavy (non-hydrogen) atoms. The van der Waals surface area contributed by atoms with E-state index in [1.807, 2.05) is 0 Å². The molecule has 0 fully saturated rings. The summed E-state index contributed by atoms with van der Waals surface area (Å²) in [5.74, 6) is 0. The molecule has 0 saturated carbocycles. The van der Waals surface area contributed by atoms with Crippen molar-refractivity contribution in [2.45, 2.75) is 0 Å². The van der Waals surface area contributed by atoms with Crippen molar-refractivity contribution < 1.29 is 8.83 Å². The van der Waals surface area contributed by atoms with Crippen LogP contribution in [0.2, 0.25) is 0 Å². The van der Waals surface area contributed by atoms with Crippen molar-refractivity contribution in [1.29, 1.82) is 0 Å². The van der Waals surface area contributed by atoms with E-state index in [1.165, 1.54) is 0 Å². The Hall–Kier alpha value is -7.30. The summed E-state index contributed by atoms with van der Waals surface area (Å²) >= 11 is 0. The van der Waals surface area contributed by atoms with Gasteiger partial charge in [-0.1, -0.05) is 103 Å². The van der Waals surface area contributed by atoms with Crippen molar-refractivity contribution in [2.24, 2.45) is 0 Å². The van der Waals surface area contributed by atoms with Crippen LogP contribution in [-0.2, 0) is 0 Å². The minimum atomic E-state index is 0.838. The third kappa shape index (κ3) is 4.78. The Morgan fingerprint density at radius 3 is 1.44 bits per heavy atom. The molecule has 0 spiro atoms. The summed E-state index contributed by atoms with van der Waals surface area (Å²) in [6.07, 6.45) is 0. The monoisotopic (exact) mass is 692 g/mol. The normalized spacial score (nSPS) is 11.7. The lowest BCUT2D eigenvalue weighted by molar-refractivity contribution is 0.665. The Kier molecular flexibility index (Phi) is 6.82. The molecule has 0 bridgehead atoms. The van der Waals surface area contributed by atoms with Crippen LogP contribution >= 0.6 is 0 Å². The van der Waals surface area contributed by atoms with E-state index in [-0.39, 0.29) is 0 Å². The molecule has 0 saturated heterocycles. The molecule has 4 nitrogen and oxygen atoms in total. The summed E-state index contributed by atoms with van der Waals surface area (Å²) in [7, 11) is 0. The first-order valence-corrected chi connectivity index (χ1v) is 18.3. The smallest absolute Gasteiger partial charge is 0.143 e. The van der Waals surface area contributed by atoms with Crippen LogP contribution in [0.3, 0.4) is 0 Å². The number of rotatable bonds is 6. The van der Waals surface area contributed by atoms with E-state index in [1.54, 1.807) is 0 Å². The van der Waals surface area contributed by atoms with Gasteiger partial charge in [-0.2, -0.15) is 0 Å². The van der Waals surface area contributed by atoms with Crippen molar-refractivity contribution in [3.8, 4) is 0 Å². The maximum Gasteiger partial charge on any atom is 0.143 e. The average Bonchev–Trinajstić information content (AvgIpc) is 3.79. The molecule has 254 valence electrons. The molecule has 0 aliphatic heterocycles. The predicted molar refractivity (Wildman–Crippen MR) is 225 cm³/mol. The molecule has 0 aliphatic carbocycles. The van der Waals surface area contributed by atoms with Gasteiger partial charge in [0.1, 0.15) is 22.3 Å². The number of anilines is 6. The topological polar surface area (TPSA) is 32.8 Å². The van der Waals surface area contributed by atoms with Gasteiger partial charge < -0.3 is 18.6 Å². The predicted octanol–water partition coefficient (Wildman–Crippen LogP) is 14.7. The molecule has 0 unspecified atom stereocenters. The van der Waals surface area contributed by atoms with Crippen LogP contribution in [0.1, 0.15) is 0 Å². The highest BCUT2D eigenvalue weighted by Gasteiger charge is 2.22. The Morgan fingerprint density at radius 2 is 0.815 bits per heavy atom. The zero-order valence-corrected chi connectivity index (χ0v) is 29.2. The first kappa shape index (κ1) is 30.3. The highest BCUT2D eigenvalue weighted by molar-refractivity contribution is 6.25. The zero-order chi connectivity index (χ0) is 35.6. The lowest BCUT2D eigenvalue weighted by Crippen LogP contribution is -2.10. The van der Waals surface area contributed by atoms with E-state index in [4.69, 9.17) is 8.83 Å². The van der Waals surface area contributed by atoms with E-state index >= 15 is 0 Å². The third-order valence-electron chi connectivity index (χ3n) is 10.6. The van der Waals surface area contributed by atoms with Crippen LogP contribution in [-0.4, -0.2) is 0 Å². The molecule has 2 heterocycles. The van der Waals surface area contributed by atoms with Gasteiger partial charge in [-0.3, -0.25) is 0 Å². The summed E-state index contributed by atoms with van der Waals surface area (Å²) in [5.41, 5.74) is 9.93. The number of furan rings is 2. The molecule has 0 atom stereocenters. The minimum Gasteiger partial charge on any atom is -0.456 e. The third-order valence-corrected chi connectivity index (χ3v) is 10.6. The second-order valence-electron chi connectivity index (χ2n) is 13.7. The van der Waals surface area contributed by atoms with Crippen molar-refractivity contribution in [2.75, 3.05) is 9.80 Å². The van der Waals surface area contributed by atoms with E-state index < -0.39 is 0 Å². The molecule has 9 aromatic carbocycles. The maximum atomic E-state index is 6.79. The summed E-state index contributed by atoms with van der Waals surface area (Å²) in [5, 5.41) is 8.71. The number of fused-ring (bicyclic) bond motifs is 10. The van der Waals surface area contributed by atoms with E-state index in [0.717, 1.165) is 99.5 Å². The van der Waals surface area contributed by atoms with Crippen LogP contribution in [0, 0.1) is 0 Å². The van der Waals surface area contributed by atoms with Gasteiger partial charge >= 0.3 is 0 Å². The highest BCUT2D eigenvalue weighted by atomic mass is 16.3. The van der Waals surface area contributed by atoms with Gasteiger partial charge in [-0.05, 0) is 95.7 Å². The van der Waals surface area contributed by atoms with Crippen LogP contribution in [0.15, 0.2) is 203 Å². The van der Waals surface area contributed by atoms with E-state index in [0.29, 0.717) is 0 Å². The van der Waals surface area contributed by atoms with Gasteiger partial charge in [0.05, 0.1) is 5.69 Å². The van der Waals surface area contributed by atoms with Crippen molar-refractivity contribution in [3.05, 3.63) is 194 Å². The first-order chi connectivity index (χ1) is 26.8. The summed E-state index contributed by atoms with van der Waals surface area (Å²) in [6.45, 7) is 0. The van der Waals surface area contributed by atoms with Gasteiger partial charge in [-0.25, -0.2) is 0 Å². The van der Waals surface area contributed by atoms with Gasteiger partial charge in [0.15, 0.2) is 0 Å². The summed E-state index contributed by atoms with van der Waals surface area (Å²) in [6, 6.07) is 68.2. The lowest BCUT2D eigenvalue weighted by atomic mass is 10.00. The summed E-state index contributed by atoms with van der Waals surface area (Å²) < 4.78 is 13.6. The van der Waals surface area contributed by atoms with Crippen LogP contribution in [0.25, 0.3) is 65.4 Å². The fourth-order valence-corrected chi connectivity index (χ4v) is 8.17. The fraction of sp³-hybridized carbons (Fsp3) is 0. The largest absolute Gasteiger partial charge is 0.456 e. The van der Waals surface area contributed by atoms with Gasteiger partial charge in [-0.15, -0.1) is 0 Å². The van der Waals surface area contributed by atoms with Crippen molar-refractivity contribution >= 4 is 99.5 Å². The quantitative estimate of drug-likeness (QED) is 0.174. The van der Waals surface area contributed by atoms with E-state index in [9.17, 15) is 0 Å². The molecule has 11 aromatic rings. The lowest BCUT2D eigenvalue weighted by Gasteiger charge is -2.26. The van der Waals surface area contributed by atoms with Crippen LogP contribution in [0.4, 0.5) is 34.1 Å². The van der Waals surface area contributed by atoms with Crippen LogP contribution in [0.5, 0.6) is 0 Å². The molecule has 0 radical (unpaired) electrons. The van der Waals surface area contributed by atoms with Crippen molar-refractivity contribution in [1.82, 2.24) is 0 Å². The van der Waals surface area contributed by atoms with Gasteiger partial charge in [0, 0.05) is 66.8 Å². The molecule has 0 aliphatic rings. The average molecular weight is 693 g/mol. The van der Waals surface area contributed by atoms with Gasteiger partial charge in [0.2, 0.25) is 0 Å². The minimum absolute atomic E-state index is 0.838. The molecular formula is C50H32N2O2. The SMILES string of the molecule is c1ccc(N(c2ccccc2)c2ccc3c(ccc4c5cc6oc7cc(N(c8ccccc8)c8ccccc8)c8ccccc8c7c6cc5oc34)c2)cc1. The standard InChI is InChI=1S/C50H32N2O2/c1-5-15-34(16-6-1)51(35-17-7-2-8-18-35)38-26-28-39-33(29-38)25-27-42-43-30-47-44(31-46(43)54-50(39)42)49-41-24-14-13-23-40(41)45(32-48(49)53-47)52(36-19-9-3-10-20-36)37-21-11-4-12-22-37/h1-32H. The molecular weight excluding hydrogens is 661 g/mol. The Labute approximate surface area is 311 Å². The Balaban J connectivity index is 1.09. The molecule has 11 rings (SSSR count). The first-order valence-electron chi connectivity index (χ1n) is 18.3. The molecule has 4 heteroatoms. The second-order valence-corrected chi connectivity index (χ2v) is 13.7. The number of para-hydroxylation sites is 4. The molecule has 0 amide bonds. The molecule has 2 aromatic heterocycles. The van der Waals surface area contributed by atoms with Gasteiger partial charge in [0.25, 0.3) is 0 Å². The Bertz CT molecular complexity index is 3070. The fourth-order valence-electron chi connectivity index (χ4n) is 8.17. The molecule has 0 N–H and O–H groups in total. The highest BCUT2D eigenvalue weighted by Crippen LogP contribution is 2.46. The second kappa shape index (κ2) is 12.1. The Morgan fingerprint density at radius 1 is 0.296 bits per heavy atom. The zero-order valence-electron chi connectivity index (χ0n) is 29.2. The van der Waals surface area contributed by atoms with Crippen LogP contribution < -0.4 is 9.80 Å².